The van der Waals surface area contributed by atoms with Gasteiger partial charge in [0, 0.05) is 0 Å². The van der Waals surface area contributed by atoms with Gasteiger partial charge >= 0.3 is 59.1 Å². The first-order valence-electron chi connectivity index (χ1n) is 4.12. The van der Waals surface area contributed by atoms with E-state index in [0.29, 0.717) is 0 Å². The van der Waals surface area contributed by atoms with Gasteiger partial charge in [-0.2, -0.15) is 0 Å². The van der Waals surface area contributed by atoms with Crippen LogP contribution in [0, 0.1) is 0 Å². The molecule has 1 rings (SSSR count). The van der Waals surface area contributed by atoms with Crippen LogP contribution in [-0.2, 0) is 4.79 Å². The molecule has 0 aliphatic rings. The monoisotopic (exact) mass is 236 g/mol. The quantitative estimate of drug-likeness (QED) is 0.440. The zero-order valence-corrected chi connectivity index (χ0v) is 11.2. The molecule has 1 aromatic carbocycles. The summed E-state index contributed by atoms with van der Waals surface area (Å²) in [6, 6.07) is 10.0. The van der Waals surface area contributed by atoms with Crippen molar-refractivity contribution in [3.05, 3.63) is 54.6 Å². The number of carboxylic acid groups (broad SMARTS) is 1. The Morgan fingerprint density at radius 3 is 1.88 bits per heavy atom. The molecule has 16 heavy (non-hydrogen) atoms. The first-order chi connectivity index (χ1) is 6.57. The molecule has 0 aromatic heterocycles. The van der Waals surface area contributed by atoms with E-state index in [1.165, 1.54) is 12.5 Å². The van der Waals surface area contributed by atoms with Gasteiger partial charge in [-0.1, -0.05) is 49.6 Å². The molecule has 0 N–H and O–H groups in total. The number of hydrogen-bond acceptors (Lipinski definition) is 2. The van der Waals surface area contributed by atoms with Crippen LogP contribution in [0.15, 0.2) is 49.1 Å². The Morgan fingerprint density at radius 1 is 1.31 bits per heavy atom. The number of rotatable bonds is 2. The van der Waals surface area contributed by atoms with Crippen LogP contribution in [0.3, 0.4) is 0 Å². The van der Waals surface area contributed by atoms with E-state index in [9.17, 15) is 9.90 Å². The molecule has 4 heteroatoms. The van der Waals surface area contributed by atoms with E-state index in [4.69, 9.17) is 0 Å². The molecule has 0 radical (unpaired) electrons. The SMILES string of the molecule is C=C(C)C(=O)[O-].C=Cc1ccccc1.[Na+].[NaH]. The van der Waals surface area contributed by atoms with E-state index in [1.54, 1.807) is 0 Å². The van der Waals surface area contributed by atoms with Crippen molar-refractivity contribution >= 4 is 41.6 Å². The van der Waals surface area contributed by atoms with Crippen LogP contribution in [0.25, 0.3) is 6.08 Å². The van der Waals surface area contributed by atoms with Gasteiger partial charge in [-0.15, -0.1) is 0 Å². The van der Waals surface area contributed by atoms with Crippen LogP contribution in [0.5, 0.6) is 0 Å². The van der Waals surface area contributed by atoms with E-state index >= 15 is 0 Å². The molecule has 0 heterocycles. The third kappa shape index (κ3) is 12.2. The molecular formula is C12H14Na2O2. The van der Waals surface area contributed by atoms with Crippen LogP contribution in [0.4, 0.5) is 0 Å². The number of carboxylic acids is 1. The molecule has 0 aliphatic heterocycles. The maximum absolute atomic E-state index is 9.49. The predicted molar refractivity (Wildman–Crippen MR) is 63.5 cm³/mol. The minimum absolute atomic E-state index is 0. The van der Waals surface area contributed by atoms with Crippen molar-refractivity contribution in [3.8, 4) is 0 Å². The Labute approximate surface area is 141 Å². The molecule has 0 fully saturated rings. The molecular weight excluding hydrogens is 222 g/mol. The Balaban J connectivity index is -0.000000195. The third-order valence-electron chi connectivity index (χ3n) is 1.38. The molecule has 0 saturated heterocycles. The summed E-state index contributed by atoms with van der Waals surface area (Å²) in [5, 5.41) is 9.49. The maximum atomic E-state index is 9.49. The van der Waals surface area contributed by atoms with E-state index in [1.807, 2.05) is 36.4 Å². The average molecular weight is 236 g/mol. The average Bonchev–Trinajstić information content (AvgIpc) is 2.20. The summed E-state index contributed by atoms with van der Waals surface area (Å²) in [6.45, 7) is 8.11. The minimum atomic E-state index is -1.19. The van der Waals surface area contributed by atoms with Crippen molar-refractivity contribution in [2.75, 3.05) is 0 Å². The van der Waals surface area contributed by atoms with E-state index < -0.39 is 5.97 Å². The fraction of sp³-hybridized carbons (Fsp3) is 0.0833. The molecule has 0 saturated carbocycles. The van der Waals surface area contributed by atoms with Gasteiger partial charge < -0.3 is 9.90 Å². The van der Waals surface area contributed by atoms with Crippen LogP contribution in [0.2, 0.25) is 0 Å². The van der Waals surface area contributed by atoms with Crippen LogP contribution < -0.4 is 34.7 Å². The van der Waals surface area contributed by atoms with Crippen LogP contribution in [0.1, 0.15) is 12.5 Å². The molecule has 2 nitrogen and oxygen atoms in total. The molecule has 0 amide bonds. The standard InChI is InChI=1S/C8H8.C4H6O2.2Na.H/c1-2-8-6-4-3-5-7-8;1-3(2)4(5)6;;;/h2-7H,1H2;1H2,2H3,(H,5,6);;;/q;;;+1;/p-1. The topological polar surface area (TPSA) is 40.1 Å². The Hall–Kier alpha value is 0.170. The first-order valence-corrected chi connectivity index (χ1v) is 4.12. The summed E-state index contributed by atoms with van der Waals surface area (Å²) in [5.74, 6) is -1.19. The molecule has 1 aromatic rings. The Bertz CT molecular complexity index is 309. The second-order valence-electron chi connectivity index (χ2n) is 2.68. The number of hydrogen-bond donors (Lipinski definition) is 0. The fourth-order valence-electron chi connectivity index (χ4n) is 0.589. The normalized spacial score (nSPS) is 7.06. The van der Waals surface area contributed by atoms with E-state index in [0.717, 1.165) is 0 Å². The molecule has 76 valence electrons. The molecule has 0 bridgehead atoms. The molecule has 0 aliphatic carbocycles. The summed E-state index contributed by atoms with van der Waals surface area (Å²) < 4.78 is 0. The van der Waals surface area contributed by atoms with Crippen molar-refractivity contribution in [2.24, 2.45) is 0 Å². The predicted octanol–water partition coefficient (Wildman–Crippen LogP) is -2.00. The third-order valence-corrected chi connectivity index (χ3v) is 1.38. The molecule has 0 atom stereocenters. The van der Waals surface area contributed by atoms with Crippen LogP contribution >= 0.6 is 0 Å². The van der Waals surface area contributed by atoms with Gasteiger partial charge in [-0.05, 0) is 18.1 Å². The van der Waals surface area contributed by atoms with E-state index in [2.05, 4.69) is 13.2 Å². The number of carbonyl (C=O) groups is 1. The van der Waals surface area contributed by atoms with Gasteiger partial charge in [0.15, 0.2) is 0 Å². The van der Waals surface area contributed by atoms with Crippen molar-refractivity contribution < 1.29 is 39.5 Å². The second kappa shape index (κ2) is 13.2. The molecule has 0 unspecified atom stereocenters. The summed E-state index contributed by atoms with van der Waals surface area (Å²) >= 11 is 0. The fourth-order valence-corrected chi connectivity index (χ4v) is 0.589. The zero-order chi connectivity index (χ0) is 11.0. The first kappa shape index (κ1) is 21.5. The Kier molecular flexibility index (Phi) is 17.7. The summed E-state index contributed by atoms with van der Waals surface area (Å²) in [6.07, 6.45) is 1.83. The summed E-state index contributed by atoms with van der Waals surface area (Å²) in [5.41, 5.74) is 1.24. The zero-order valence-electron chi connectivity index (χ0n) is 9.19. The van der Waals surface area contributed by atoms with Crippen LogP contribution in [-0.4, -0.2) is 35.5 Å². The van der Waals surface area contributed by atoms with E-state index in [-0.39, 0.29) is 64.7 Å². The van der Waals surface area contributed by atoms with Crippen molar-refractivity contribution in [3.63, 3.8) is 0 Å². The van der Waals surface area contributed by atoms with Gasteiger partial charge in [-0.3, -0.25) is 0 Å². The number of carbonyl (C=O) groups excluding carboxylic acids is 1. The number of benzene rings is 1. The van der Waals surface area contributed by atoms with Gasteiger partial charge in [0.05, 0.1) is 5.97 Å². The van der Waals surface area contributed by atoms with Gasteiger partial charge in [-0.25, -0.2) is 0 Å². The summed E-state index contributed by atoms with van der Waals surface area (Å²) in [4.78, 5) is 9.49. The number of aliphatic carboxylic acids is 1. The van der Waals surface area contributed by atoms with Crippen molar-refractivity contribution in [2.45, 2.75) is 6.92 Å². The summed E-state index contributed by atoms with van der Waals surface area (Å²) in [7, 11) is 0. The van der Waals surface area contributed by atoms with Gasteiger partial charge in [0.1, 0.15) is 0 Å². The Morgan fingerprint density at radius 2 is 1.69 bits per heavy atom. The van der Waals surface area contributed by atoms with Gasteiger partial charge in [0.25, 0.3) is 0 Å². The molecule has 0 spiro atoms. The van der Waals surface area contributed by atoms with Gasteiger partial charge in [0.2, 0.25) is 0 Å². The van der Waals surface area contributed by atoms with Crippen molar-refractivity contribution in [1.29, 1.82) is 0 Å². The second-order valence-corrected chi connectivity index (χ2v) is 2.68. The van der Waals surface area contributed by atoms with Crippen molar-refractivity contribution in [1.82, 2.24) is 0 Å².